The molecule has 0 saturated heterocycles. The maximum absolute atomic E-state index is 10.9. The number of aryl methyl sites for hydroxylation is 1. The van der Waals surface area contributed by atoms with E-state index in [2.05, 4.69) is 10.3 Å². The Labute approximate surface area is 76.6 Å². The van der Waals surface area contributed by atoms with Gasteiger partial charge in [0, 0.05) is 13.2 Å². The van der Waals surface area contributed by atoms with Gasteiger partial charge in [0.2, 0.25) is 0 Å². The molecule has 0 aliphatic carbocycles. The molecular weight excluding hydrogens is 168 g/mol. The molecule has 0 unspecified atom stereocenters. The summed E-state index contributed by atoms with van der Waals surface area (Å²) in [6.45, 7) is 1.92. The van der Waals surface area contributed by atoms with Crippen molar-refractivity contribution in [1.82, 2.24) is 4.98 Å². The van der Waals surface area contributed by atoms with Crippen LogP contribution in [0.25, 0.3) is 0 Å². The summed E-state index contributed by atoms with van der Waals surface area (Å²) in [5.41, 5.74) is 1.07. The number of rotatable bonds is 3. The minimum atomic E-state index is -0.936. The van der Waals surface area contributed by atoms with Crippen molar-refractivity contribution in [1.29, 1.82) is 0 Å². The summed E-state index contributed by atoms with van der Waals surface area (Å²) < 4.78 is 0. The van der Waals surface area contributed by atoms with Crippen LogP contribution in [0.3, 0.4) is 0 Å². The van der Waals surface area contributed by atoms with E-state index in [1.165, 1.54) is 0 Å². The molecule has 4 heteroatoms. The summed E-state index contributed by atoms with van der Waals surface area (Å²) in [6, 6.07) is 1.73. The maximum Gasteiger partial charge on any atom is 0.339 e. The zero-order valence-electron chi connectivity index (χ0n) is 7.66. The van der Waals surface area contributed by atoms with Gasteiger partial charge in [0.05, 0.1) is 0 Å². The van der Waals surface area contributed by atoms with Gasteiger partial charge in [-0.3, -0.25) is 0 Å². The van der Waals surface area contributed by atoms with Gasteiger partial charge in [-0.15, -0.1) is 0 Å². The summed E-state index contributed by atoms with van der Waals surface area (Å²) >= 11 is 0. The Morgan fingerprint density at radius 2 is 2.38 bits per heavy atom. The van der Waals surface area contributed by atoms with E-state index < -0.39 is 5.97 Å². The zero-order chi connectivity index (χ0) is 9.84. The van der Waals surface area contributed by atoms with Crippen molar-refractivity contribution in [2.75, 3.05) is 12.4 Å². The number of carboxylic acids is 1. The number of anilines is 1. The SMILES string of the molecule is CCc1ccnc(NC)c1C(=O)O. The highest BCUT2D eigenvalue weighted by Gasteiger charge is 2.14. The molecule has 0 amide bonds. The molecule has 13 heavy (non-hydrogen) atoms. The number of nitrogens with one attached hydrogen (secondary N) is 1. The molecule has 0 saturated carbocycles. The fourth-order valence-corrected chi connectivity index (χ4v) is 1.22. The van der Waals surface area contributed by atoms with Crippen molar-refractivity contribution >= 4 is 11.8 Å². The molecule has 1 rings (SSSR count). The Morgan fingerprint density at radius 1 is 1.69 bits per heavy atom. The van der Waals surface area contributed by atoms with E-state index in [9.17, 15) is 4.79 Å². The third kappa shape index (κ3) is 1.77. The fraction of sp³-hybridized carbons (Fsp3) is 0.333. The Morgan fingerprint density at radius 3 is 2.85 bits per heavy atom. The minimum Gasteiger partial charge on any atom is -0.478 e. The molecular formula is C9H12N2O2. The molecule has 4 nitrogen and oxygen atoms in total. The number of aromatic nitrogens is 1. The van der Waals surface area contributed by atoms with Crippen molar-refractivity contribution in [2.45, 2.75) is 13.3 Å². The number of hydrogen-bond donors (Lipinski definition) is 2. The van der Waals surface area contributed by atoms with Gasteiger partial charge in [0.15, 0.2) is 0 Å². The predicted octanol–water partition coefficient (Wildman–Crippen LogP) is 1.38. The molecule has 1 aromatic heterocycles. The van der Waals surface area contributed by atoms with E-state index in [1.807, 2.05) is 6.92 Å². The minimum absolute atomic E-state index is 0.271. The molecule has 0 radical (unpaired) electrons. The van der Waals surface area contributed by atoms with Gasteiger partial charge in [-0.2, -0.15) is 0 Å². The van der Waals surface area contributed by atoms with Crippen molar-refractivity contribution in [3.05, 3.63) is 23.4 Å². The molecule has 1 aromatic rings. The average Bonchev–Trinajstić information content (AvgIpc) is 2.16. The molecule has 0 aromatic carbocycles. The van der Waals surface area contributed by atoms with Gasteiger partial charge in [-0.1, -0.05) is 6.92 Å². The Kier molecular flexibility index (Phi) is 2.84. The van der Waals surface area contributed by atoms with Gasteiger partial charge in [-0.05, 0) is 18.1 Å². The van der Waals surface area contributed by atoms with Gasteiger partial charge in [0.1, 0.15) is 11.4 Å². The van der Waals surface area contributed by atoms with Crippen LogP contribution in [-0.4, -0.2) is 23.1 Å². The van der Waals surface area contributed by atoms with Crippen LogP contribution in [0, 0.1) is 0 Å². The first-order valence-electron chi connectivity index (χ1n) is 4.09. The third-order valence-corrected chi connectivity index (χ3v) is 1.87. The maximum atomic E-state index is 10.9. The average molecular weight is 180 g/mol. The first kappa shape index (κ1) is 9.51. The molecule has 0 fully saturated rings. The van der Waals surface area contributed by atoms with Crippen molar-refractivity contribution in [2.24, 2.45) is 0 Å². The number of carboxylic acid groups (broad SMARTS) is 1. The summed E-state index contributed by atoms with van der Waals surface area (Å²) in [4.78, 5) is 14.8. The van der Waals surface area contributed by atoms with E-state index in [0.717, 1.165) is 5.56 Å². The lowest BCUT2D eigenvalue weighted by atomic mass is 10.1. The molecule has 2 N–H and O–H groups in total. The molecule has 0 spiro atoms. The third-order valence-electron chi connectivity index (χ3n) is 1.87. The Balaban J connectivity index is 3.29. The van der Waals surface area contributed by atoms with Crippen molar-refractivity contribution < 1.29 is 9.90 Å². The first-order chi connectivity index (χ1) is 6.20. The van der Waals surface area contributed by atoms with Crippen molar-refractivity contribution in [3.63, 3.8) is 0 Å². The largest absolute Gasteiger partial charge is 0.478 e. The summed E-state index contributed by atoms with van der Waals surface area (Å²) in [5, 5.41) is 11.7. The Hall–Kier alpha value is -1.58. The molecule has 0 aliphatic heterocycles. The first-order valence-corrected chi connectivity index (χ1v) is 4.09. The number of nitrogens with zero attached hydrogens (tertiary/aromatic N) is 1. The molecule has 0 atom stereocenters. The predicted molar refractivity (Wildman–Crippen MR) is 50.1 cm³/mol. The van der Waals surface area contributed by atoms with Crippen LogP contribution in [0.5, 0.6) is 0 Å². The lowest BCUT2D eigenvalue weighted by Gasteiger charge is -2.07. The van der Waals surface area contributed by atoms with Crippen LogP contribution < -0.4 is 5.32 Å². The standard InChI is InChI=1S/C9H12N2O2/c1-3-6-4-5-11-8(10-2)7(6)9(12)13/h4-5H,3H2,1-2H3,(H,10,11)(H,12,13). The molecule has 0 bridgehead atoms. The number of aromatic carboxylic acids is 1. The second-order valence-electron chi connectivity index (χ2n) is 2.60. The monoisotopic (exact) mass is 180 g/mol. The summed E-state index contributed by atoms with van der Waals surface area (Å²) in [5.74, 6) is -0.513. The van der Waals surface area contributed by atoms with Crippen LogP contribution in [0.2, 0.25) is 0 Å². The number of hydrogen-bond acceptors (Lipinski definition) is 3. The van der Waals surface area contributed by atoms with Crippen LogP contribution >= 0.6 is 0 Å². The van der Waals surface area contributed by atoms with Gasteiger partial charge in [0.25, 0.3) is 0 Å². The zero-order valence-corrected chi connectivity index (χ0v) is 7.66. The van der Waals surface area contributed by atoms with Gasteiger partial charge < -0.3 is 10.4 Å². The highest BCUT2D eigenvalue weighted by Crippen LogP contribution is 2.16. The van der Waals surface area contributed by atoms with Gasteiger partial charge in [-0.25, -0.2) is 9.78 Å². The van der Waals surface area contributed by atoms with E-state index in [-0.39, 0.29) is 5.56 Å². The van der Waals surface area contributed by atoms with Crippen molar-refractivity contribution in [3.8, 4) is 0 Å². The van der Waals surface area contributed by atoms with E-state index >= 15 is 0 Å². The van der Waals surface area contributed by atoms with E-state index in [1.54, 1.807) is 19.3 Å². The smallest absolute Gasteiger partial charge is 0.339 e. The van der Waals surface area contributed by atoms with E-state index in [0.29, 0.717) is 12.2 Å². The van der Waals surface area contributed by atoms with E-state index in [4.69, 9.17) is 5.11 Å². The number of carbonyl (C=O) groups is 1. The number of pyridine rings is 1. The second-order valence-corrected chi connectivity index (χ2v) is 2.60. The highest BCUT2D eigenvalue weighted by atomic mass is 16.4. The fourth-order valence-electron chi connectivity index (χ4n) is 1.22. The molecule has 70 valence electrons. The van der Waals surface area contributed by atoms with Crippen LogP contribution in [-0.2, 0) is 6.42 Å². The topological polar surface area (TPSA) is 62.2 Å². The molecule has 0 aliphatic rings. The lowest BCUT2D eigenvalue weighted by molar-refractivity contribution is 0.0696. The van der Waals surface area contributed by atoms with Gasteiger partial charge >= 0.3 is 5.97 Å². The van der Waals surface area contributed by atoms with Crippen LogP contribution in [0.1, 0.15) is 22.8 Å². The Bertz CT molecular complexity index is 301. The van der Waals surface area contributed by atoms with Crippen LogP contribution in [0.4, 0.5) is 5.82 Å². The lowest BCUT2D eigenvalue weighted by Crippen LogP contribution is -2.08. The summed E-state index contributed by atoms with van der Waals surface area (Å²) in [6.07, 6.45) is 2.30. The molecule has 1 heterocycles. The second kappa shape index (κ2) is 3.89. The summed E-state index contributed by atoms with van der Waals surface area (Å²) in [7, 11) is 1.66. The quantitative estimate of drug-likeness (QED) is 0.737. The normalized spacial score (nSPS) is 9.69. The van der Waals surface area contributed by atoms with Crippen LogP contribution in [0.15, 0.2) is 12.3 Å². The highest BCUT2D eigenvalue weighted by molar-refractivity contribution is 5.94.